The number of rotatable bonds is 49. The van der Waals surface area contributed by atoms with Gasteiger partial charge in [-0.15, -0.1) is 0 Å². The largest absolute Gasteiger partial charge is 0.462 e. The molecule has 0 spiro atoms. The third kappa shape index (κ3) is 48.7. The molecule has 0 fully saturated rings. The molecule has 62 heavy (non-hydrogen) atoms. The van der Waals surface area contributed by atoms with E-state index < -0.39 is 6.10 Å². The van der Waals surface area contributed by atoms with E-state index in [9.17, 15) is 14.4 Å². The van der Waals surface area contributed by atoms with E-state index in [2.05, 4.69) is 57.2 Å². The lowest BCUT2D eigenvalue weighted by molar-refractivity contribution is -0.167. The molecule has 362 valence electrons. The van der Waals surface area contributed by atoms with Crippen LogP contribution in [-0.4, -0.2) is 37.2 Å². The second-order valence-electron chi connectivity index (χ2n) is 18.2. The summed E-state index contributed by atoms with van der Waals surface area (Å²) < 4.78 is 16.7. The van der Waals surface area contributed by atoms with Gasteiger partial charge in [-0.1, -0.05) is 243 Å². The van der Waals surface area contributed by atoms with Gasteiger partial charge < -0.3 is 14.2 Å². The topological polar surface area (TPSA) is 78.9 Å². The Morgan fingerprint density at radius 2 is 0.581 bits per heavy atom. The molecule has 0 aromatic carbocycles. The Kier molecular flexibility index (Phi) is 49.3. The van der Waals surface area contributed by atoms with E-state index in [0.29, 0.717) is 19.3 Å². The van der Waals surface area contributed by atoms with Gasteiger partial charge in [0.15, 0.2) is 6.10 Å². The van der Waals surface area contributed by atoms with E-state index in [1.54, 1.807) is 0 Å². The highest BCUT2D eigenvalue weighted by Crippen LogP contribution is 2.16. The van der Waals surface area contributed by atoms with Crippen molar-refractivity contribution in [1.82, 2.24) is 0 Å². The molecular formula is C56H102O6. The maximum Gasteiger partial charge on any atom is 0.306 e. The third-order valence-electron chi connectivity index (χ3n) is 11.9. The quantitative estimate of drug-likeness (QED) is 0.0262. The van der Waals surface area contributed by atoms with E-state index in [-0.39, 0.29) is 31.1 Å². The van der Waals surface area contributed by atoms with Crippen molar-refractivity contribution in [3.05, 3.63) is 36.5 Å². The Bertz CT molecular complexity index is 1050. The minimum Gasteiger partial charge on any atom is -0.462 e. The lowest BCUT2D eigenvalue weighted by Gasteiger charge is -2.18. The Morgan fingerprint density at radius 1 is 0.323 bits per heavy atom. The molecule has 0 N–H and O–H groups in total. The van der Waals surface area contributed by atoms with Crippen molar-refractivity contribution in [3.63, 3.8) is 0 Å². The highest BCUT2D eigenvalue weighted by molar-refractivity contribution is 5.71. The van der Waals surface area contributed by atoms with Crippen LogP contribution in [0.4, 0.5) is 0 Å². The highest BCUT2D eigenvalue weighted by atomic mass is 16.6. The minimum absolute atomic E-state index is 0.0713. The standard InChI is InChI=1S/C56H102O6/c1-4-7-10-13-16-18-20-22-24-25-26-27-28-29-30-31-32-34-35-37-40-43-46-49-55(58)61-52-53(51-60-54(57)48-45-42-39-15-12-9-6-3)62-56(59)50-47-44-41-38-36-33-23-21-19-17-14-11-8-5-2/h20,22,25-26,28-29,53H,4-19,21,23-24,27,30-52H2,1-3H3/b22-20-,26-25-,29-28-. The van der Waals surface area contributed by atoms with Gasteiger partial charge >= 0.3 is 17.9 Å². The molecule has 0 saturated heterocycles. The zero-order chi connectivity index (χ0) is 45.1. The predicted molar refractivity (Wildman–Crippen MR) is 266 cm³/mol. The normalized spacial score (nSPS) is 12.2. The Labute approximate surface area is 385 Å². The van der Waals surface area contributed by atoms with Crippen LogP contribution in [0.1, 0.15) is 284 Å². The molecule has 0 radical (unpaired) electrons. The highest BCUT2D eigenvalue weighted by Gasteiger charge is 2.19. The fourth-order valence-electron chi connectivity index (χ4n) is 7.80. The van der Waals surface area contributed by atoms with Crippen LogP contribution in [-0.2, 0) is 28.6 Å². The zero-order valence-corrected chi connectivity index (χ0v) is 41.4. The third-order valence-corrected chi connectivity index (χ3v) is 11.9. The number of carbonyl (C=O) groups excluding carboxylic acids is 3. The fraction of sp³-hybridized carbons (Fsp3) is 0.839. The molecule has 1 unspecified atom stereocenters. The van der Waals surface area contributed by atoms with Gasteiger partial charge in [0.05, 0.1) is 0 Å². The van der Waals surface area contributed by atoms with Crippen molar-refractivity contribution < 1.29 is 28.6 Å². The SMILES string of the molecule is CCCCCCC/C=C\C/C=C\C/C=C\CCCCCCCCCCC(=O)OCC(COC(=O)CCCCCCCCC)OC(=O)CCCCCCCCCCCCCCCC. The summed E-state index contributed by atoms with van der Waals surface area (Å²) in [6.45, 7) is 6.60. The van der Waals surface area contributed by atoms with Crippen molar-refractivity contribution in [3.8, 4) is 0 Å². The van der Waals surface area contributed by atoms with Gasteiger partial charge in [-0.3, -0.25) is 14.4 Å². The number of carbonyl (C=O) groups is 3. The molecule has 0 amide bonds. The van der Waals surface area contributed by atoms with Gasteiger partial charge in [0, 0.05) is 19.3 Å². The number of hydrogen-bond donors (Lipinski definition) is 0. The monoisotopic (exact) mass is 871 g/mol. The van der Waals surface area contributed by atoms with Crippen molar-refractivity contribution in [2.45, 2.75) is 290 Å². The molecule has 1 atom stereocenters. The van der Waals surface area contributed by atoms with E-state index in [1.165, 1.54) is 167 Å². The van der Waals surface area contributed by atoms with Crippen molar-refractivity contribution in [1.29, 1.82) is 0 Å². The lowest BCUT2D eigenvalue weighted by atomic mass is 10.0. The van der Waals surface area contributed by atoms with Crippen LogP contribution in [0.2, 0.25) is 0 Å². The molecule has 0 aliphatic rings. The number of ether oxygens (including phenoxy) is 3. The average Bonchev–Trinajstić information content (AvgIpc) is 3.27. The second kappa shape index (κ2) is 51.3. The number of unbranched alkanes of at least 4 members (excludes halogenated alkanes) is 32. The molecule has 0 saturated carbocycles. The molecule has 0 bridgehead atoms. The summed E-state index contributed by atoms with van der Waals surface area (Å²) in [6, 6.07) is 0. The molecule has 6 nitrogen and oxygen atoms in total. The first-order valence-electron chi connectivity index (χ1n) is 27.0. The number of allylic oxidation sites excluding steroid dienone is 6. The van der Waals surface area contributed by atoms with Gasteiger partial charge in [0.25, 0.3) is 0 Å². The summed E-state index contributed by atoms with van der Waals surface area (Å²) >= 11 is 0. The summed E-state index contributed by atoms with van der Waals surface area (Å²) in [6.07, 6.45) is 60.0. The Balaban J connectivity index is 4.18. The first-order chi connectivity index (χ1) is 30.5. The summed E-state index contributed by atoms with van der Waals surface area (Å²) in [4.78, 5) is 37.8. The second-order valence-corrected chi connectivity index (χ2v) is 18.2. The fourth-order valence-corrected chi connectivity index (χ4v) is 7.80. The van der Waals surface area contributed by atoms with Crippen molar-refractivity contribution in [2.24, 2.45) is 0 Å². The zero-order valence-electron chi connectivity index (χ0n) is 41.4. The van der Waals surface area contributed by atoms with Gasteiger partial charge in [-0.05, 0) is 57.8 Å². The summed E-state index contributed by atoms with van der Waals surface area (Å²) in [7, 11) is 0. The smallest absolute Gasteiger partial charge is 0.306 e. The van der Waals surface area contributed by atoms with Crippen LogP contribution in [0.5, 0.6) is 0 Å². The van der Waals surface area contributed by atoms with Gasteiger partial charge in [0.2, 0.25) is 0 Å². The Morgan fingerprint density at radius 3 is 0.903 bits per heavy atom. The minimum atomic E-state index is -0.768. The van der Waals surface area contributed by atoms with E-state index >= 15 is 0 Å². The molecular weight excluding hydrogens is 769 g/mol. The van der Waals surface area contributed by atoms with Crippen LogP contribution in [0, 0.1) is 0 Å². The summed E-state index contributed by atoms with van der Waals surface area (Å²) in [5, 5.41) is 0. The molecule has 0 heterocycles. The molecule has 0 aromatic heterocycles. The molecule has 0 rings (SSSR count). The molecule has 0 aliphatic heterocycles. The van der Waals surface area contributed by atoms with Crippen LogP contribution in [0.15, 0.2) is 36.5 Å². The lowest BCUT2D eigenvalue weighted by Crippen LogP contribution is -2.30. The maximum absolute atomic E-state index is 12.8. The van der Waals surface area contributed by atoms with Crippen LogP contribution >= 0.6 is 0 Å². The van der Waals surface area contributed by atoms with Gasteiger partial charge in [-0.25, -0.2) is 0 Å². The first-order valence-corrected chi connectivity index (χ1v) is 27.0. The van der Waals surface area contributed by atoms with E-state index in [0.717, 1.165) is 77.0 Å². The van der Waals surface area contributed by atoms with Crippen molar-refractivity contribution in [2.75, 3.05) is 13.2 Å². The van der Waals surface area contributed by atoms with Gasteiger partial charge in [0.1, 0.15) is 13.2 Å². The van der Waals surface area contributed by atoms with Crippen LogP contribution in [0.3, 0.4) is 0 Å². The summed E-state index contributed by atoms with van der Waals surface area (Å²) in [5.41, 5.74) is 0. The van der Waals surface area contributed by atoms with E-state index in [1.807, 2.05) is 0 Å². The predicted octanol–water partition coefficient (Wildman–Crippen LogP) is 17.7. The van der Waals surface area contributed by atoms with Crippen LogP contribution in [0.25, 0.3) is 0 Å². The average molecular weight is 871 g/mol. The number of hydrogen-bond acceptors (Lipinski definition) is 6. The Hall–Kier alpha value is -2.37. The van der Waals surface area contributed by atoms with Crippen LogP contribution < -0.4 is 0 Å². The van der Waals surface area contributed by atoms with Crippen molar-refractivity contribution >= 4 is 17.9 Å². The first kappa shape index (κ1) is 59.6. The number of esters is 3. The molecule has 6 heteroatoms. The summed E-state index contributed by atoms with van der Waals surface area (Å²) in [5.74, 6) is -0.873. The maximum atomic E-state index is 12.8. The molecule has 0 aromatic rings. The van der Waals surface area contributed by atoms with E-state index in [4.69, 9.17) is 14.2 Å². The van der Waals surface area contributed by atoms with Gasteiger partial charge in [-0.2, -0.15) is 0 Å². The molecule has 0 aliphatic carbocycles.